The molecule has 0 saturated heterocycles. The number of fused-ring (bicyclic) bond motifs is 4. The van der Waals surface area contributed by atoms with E-state index in [1.54, 1.807) is 7.11 Å². The second kappa shape index (κ2) is 3.73. The molecule has 2 atom stereocenters. The van der Waals surface area contributed by atoms with E-state index < -0.39 is 0 Å². The fourth-order valence-corrected chi connectivity index (χ4v) is 3.50. The Labute approximate surface area is 112 Å². The van der Waals surface area contributed by atoms with Gasteiger partial charge in [0, 0.05) is 29.7 Å². The Morgan fingerprint density at radius 3 is 3.05 bits per heavy atom. The standard InChI is InChI=1S/C16H15NO2/c1-19-9-2-3-12-14(8-9)17-13-6-4-10-11(16(12)13)5-7-15(10)18/h2-4,6,8,13,16-17H,5,7H2,1H3. The van der Waals surface area contributed by atoms with Gasteiger partial charge in [0.05, 0.1) is 13.2 Å². The number of anilines is 1. The Bertz CT molecular complexity index is 642. The summed E-state index contributed by atoms with van der Waals surface area (Å²) in [7, 11) is 1.68. The van der Waals surface area contributed by atoms with Crippen molar-refractivity contribution < 1.29 is 9.53 Å². The minimum absolute atomic E-state index is 0.284. The molecule has 0 bridgehead atoms. The van der Waals surface area contributed by atoms with Gasteiger partial charge in [0.2, 0.25) is 0 Å². The van der Waals surface area contributed by atoms with Crippen molar-refractivity contribution in [3.63, 3.8) is 0 Å². The van der Waals surface area contributed by atoms with Crippen LogP contribution in [0.25, 0.3) is 0 Å². The molecule has 0 aromatic heterocycles. The molecule has 0 amide bonds. The first-order valence-electron chi connectivity index (χ1n) is 6.67. The number of ketones is 1. The molecule has 1 aliphatic heterocycles. The lowest BCUT2D eigenvalue weighted by molar-refractivity contribution is -0.114. The summed E-state index contributed by atoms with van der Waals surface area (Å²) >= 11 is 0. The van der Waals surface area contributed by atoms with E-state index in [1.165, 1.54) is 11.1 Å². The maximum absolute atomic E-state index is 11.9. The third kappa shape index (κ3) is 1.41. The first-order valence-corrected chi connectivity index (χ1v) is 6.67. The molecule has 1 N–H and O–H groups in total. The molecule has 3 heteroatoms. The zero-order chi connectivity index (χ0) is 13.0. The molecule has 3 nitrogen and oxygen atoms in total. The summed E-state index contributed by atoms with van der Waals surface area (Å²) in [4.78, 5) is 11.9. The van der Waals surface area contributed by atoms with Gasteiger partial charge in [-0.15, -0.1) is 0 Å². The number of rotatable bonds is 1. The number of hydrogen-bond acceptors (Lipinski definition) is 3. The highest BCUT2D eigenvalue weighted by Gasteiger charge is 2.39. The smallest absolute Gasteiger partial charge is 0.163 e. The van der Waals surface area contributed by atoms with Gasteiger partial charge in [-0.25, -0.2) is 0 Å². The van der Waals surface area contributed by atoms with E-state index in [4.69, 9.17) is 4.74 Å². The summed E-state index contributed by atoms with van der Waals surface area (Å²) in [5.41, 5.74) is 4.69. The Morgan fingerprint density at radius 1 is 1.32 bits per heavy atom. The monoisotopic (exact) mass is 253 g/mol. The number of carbonyl (C=O) groups excluding carboxylic acids is 1. The molecule has 0 spiro atoms. The fraction of sp³-hybridized carbons (Fsp3) is 0.312. The third-order valence-corrected chi connectivity index (χ3v) is 4.39. The summed E-state index contributed by atoms with van der Waals surface area (Å²) in [5, 5.41) is 3.53. The number of nitrogens with one attached hydrogen (secondary N) is 1. The van der Waals surface area contributed by atoms with Crippen LogP contribution in [0.5, 0.6) is 5.75 Å². The lowest BCUT2D eigenvalue weighted by Crippen LogP contribution is -2.22. The molecule has 0 radical (unpaired) electrons. The van der Waals surface area contributed by atoms with Crippen LogP contribution in [-0.4, -0.2) is 18.9 Å². The van der Waals surface area contributed by atoms with E-state index in [0.717, 1.165) is 23.4 Å². The molecule has 19 heavy (non-hydrogen) atoms. The summed E-state index contributed by atoms with van der Waals surface area (Å²) in [6.45, 7) is 0. The van der Waals surface area contributed by atoms with Crippen LogP contribution in [0, 0.1) is 0 Å². The molecule has 0 fully saturated rings. The predicted octanol–water partition coefficient (Wildman–Crippen LogP) is 2.80. The summed E-state index contributed by atoms with van der Waals surface area (Å²) in [6, 6.07) is 6.45. The number of carbonyl (C=O) groups is 1. The van der Waals surface area contributed by atoms with E-state index in [2.05, 4.69) is 17.5 Å². The topological polar surface area (TPSA) is 38.3 Å². The summed E-state index contributed by atoms with van der Waals surface area (Å²) in [5.74, 6) is 1.49. The van der Waals surface area contributed by atoms with Crippen LogP contribution < -0.4 is 10.1 Å². The molecule has 0 saturated carbocycles. The fourth-order valence-electron chi connectivity index (χ4n) is 3.50. The number of benzene rings is 1. The zero-order valence-corrected chi connectivity index (χ0v) is 10.8. The summed E-state index contributed by atoms with van der Waals surface area (Å²) in [6.07, 6.45) is 5.71. The van der Waals surface area contributed by atoms with Gasteiger partial charge in [-0.3, -0.25) is 4.79 Å². The van der Waals surface area contributed by atoms with E-state index in [9.17, 15) is 4.79 Å². The molecule has 3 aliphatic rings. The molecular formula is C16H15NO2. The number of methoxy groups -OCH3 is 1. The normalized spacial score (nSPS) is 26.9. The summed E-state index contributed by atoms with van der Waals surface area (Å²) < 4.78 is 5.27. The van der Waals surface area contributed by atoms with Crippen LogP contribution in [0.2, 0.25) is 0 Å². The number of hydrogen-bond donors (Lipinski definition) is 1. The van der Waals surface area contributed by atoms with Crippen molar-refractivity contribution in [2.75, 3.05) is 12.4 Å². The largest absolute Gasteiger partial charge is 0.497 e. The van der Waals surface area contributed by atoms with Crippen LogP contribution in [-0.2, 0) is 4.79 Å². The van der Waals surface area contributed by atoms with Gasteiger partial charge in [0.1, 0.15) is 5.75 Å². The molecule has 4 rings (SSSR count). The number of Topliss-reactive ketones (excluding diaryl/α,β-unsaturated/α-hetero) is 1. The number of allylic oxidation sites excluding steroid dienone is 2. The maximum Gasteiger partial charge on any atom is 0.163 e. The van der Waals surface area contributed by atoms with Gasteiger partial charge < -0.3 is 10.1 Å². The van der Waals surface area contributed by atoms with Gasteiger partial charge in [-0.2, -0.15) is 0 Å². The predicted molar refractivity (Wildman–Crippen MR) is 73.6 cm³/mol. The van der Waals surface area contributed by atoms with Crippen molar-refractivity contribution in [3.8, 4) is 5.75 Å². The van der Waals surface area contributed by atoms with Crippen molar-refractivity contribution in [3.05, 3.63) is 47.1 Å². The molecule has 1 aromatic carbocycles. The van der Waals surface area contributed by atoms with Crippen molar-refractivity contribution in [2.45, 2.75) is 24.8 Å². The molecule has 2 unspecified atom stereocenters. The molecule has 1 aromatic rings. The Morgan fingerprint density at radius 2 is 2.21 bits per heavy atom. The van der Waals surface area contributed by atoms with Crippen molar-refractivity contribution in [1.82, 2.24) is 0 Å². The van der Waals surface area contributed by atoms with E-state index in [0.29, 0.717) is 18.1 Å². The lowest BCUT2D eigenvalue weighted by atomic mass is 9.82. The molecule has 1 heterocycles. The Kier molecular flexibility index (Phi) is 2.13. The molecule has 96 valence electrons. The van der Waals surface area contributed by atoms with Gasteiger partial charge in [0.15, 0.2) is 5.78 Å². The van der Waals surface area contributed by atoms with Crippen molar-refractivity contribution in [1.29, 1.82) is 0 Å². The first kappa shape index (κ1) is 10.9. The maximum atomic E-state index is 11.9. The van der Waals surface area contributed by atoms with Crippen LogP contribution in [0.15, 0.2) is 41.5 Å². The average Bonchev–Trinajstić information content (AvgIpc) is 2.98. The van der Waals surface area contributed by atoms with E-state index >= 15 is 0 Å². The SMILES string of the molecule is COc1ccc2c(c1)NC1C=CC3=C(CCC3=O)C21. The number of ether oxygens (including phenoxy) is 1. The Balaban J connectivity index is 1.83. The van der Waals surface area contributed by atoms with Crippen molar-refractivity contribution >= 4 is 11.5 Å². The van der Waals surface area contributed by atoms with Crippen LogP contribution in [0.4, 0.5) is 5.69 Å². The van der Waals surface area contributed by atoms with Crippen molar-refractivity contribution in [2.24, 2.45) is 0 Å². The second-order valence-corrected chi connectivity index (χ2v) is 5.32. The first-order chi connectivity index (χ1) is 9.28. The minimum Gasteiger partial charge on any atom is -0.497 e. The van der Waals surface area contributed by atoms with Gasteiger partial charge >= 0.3 is 0 Å². The second-order valence-electron chi connectivity index (χ2n) is 5.32. The highest BCUT2D eigenvalue weighted by Crippen LogP contribution is 2.48. The minimum atomic E-state index is 0.284. The molecule has 2 aliphatic carbocycles. The third-order valence-electron chi connectivity index (χ3n) is 4.39. The van der Waals surface area contributed by atoms with Crippen LogP contribution in [0.1, 0.15) is 24.3 Å². The Hall–Kier alpha value is -2.03. The lowest BCUT2D eigenvalue weighted by Gasteiger charge is -2.23. The quantitative estimate of drug-likeness (QED) is 0.836. The highest BCUT2D eigenvalue weighted by molar-refractivity contribution is 6.02. The van der Waals surface area contributed by atoms with Gasteiger partial charge in [-0.05, 0) is 23.6 Å². The zero-order valence-electron chi connectivity index (χ0n) is 10.8. The highest BCUT2D eigenvalue weighted by atomic mass is 16.5. The van der Waals surface area contributed by atoms with E-state index in [1.807, 2.05) is 18.2 Å². The molecular weight excluding hydrogens is 238 g/mol. The van der Waals surface area contributed by atoms with E-state index in [-0.39, 0.29) is 6.04 Å². The van der Waals surface area contributed by atoms with Gasteiger partial charge in [0.25, 0.3) is 0 Å². The average molecular weight is 253 g/mol. The van der Waals surface area contributed by atoms with Gasteiger partial charge in [-0.1, -0.05) is 18.2 Å². The van der Waals surface area contributed by atoms with Crippen LogP contribution in [0.3, 0.4) is 0 Å². The van der Waals surface area contributed by atoms with Crippen LogP contribution >= 0.6 is 0 Å².